The fourth-order valence-electron chi connectivity index (χ4n) is 3.86. The molecular formula is C15H20ClNO2S. The van der Waals surface area contributed by atoms with E-state index >= 15 is 0 Å². The summed E-state index contributed by atoms with van der Waals surface area (Å²) in [6.07, 6.45) is 4.32. The van der Waals surface area contributed by atoms with E-state index in [4.69, 9.17) is 10.7 Å². The SMILES string of the molecule is O=S(=O)(Cl)CC1CC2CCC(C1)N2Cc1ccccc1. The Hall–Kier alpha value is -0.580. The summed E-state index contributed by atoms with van der Waals surface area (Å²) in [6.45, 7) is 0.983. The van der Waals surface area contributed by atoms with Gasteiger partial charge in [-0.05, 0) is 37.2 Å². The second-order valence-corrected chi connectivity index (χ2v) is 8.91. The van der Waals surface area contributed by atoms with Gasteiger partial charge in [-0.15, -0.1) is 0 Å². The smallest absolute Gasteiger partial charge is 0.232 e. The van der Waals surface area contributed by atoms with Crippen molar-refractivity contribution in [2.75, 3.05) is 5.75 Å². The van der Waals surface area contributed by atoms with Gasteiger partial charge in [-0.25, -0.2) is 8.42 Å². The first kappa shape index (κ1) is 14.4. The number of fused-ring (bicyclic) bond motifs is 2. The van der Waals surface area contributed by atoms with Gasteiger partial charge in [-0.2, -0.15) is 0 Å². The van der Waals surface area contributed by atoms with Crippen molar-refractivity contribution < 1.29 is 8.42 Å². The molecule has 0 radical (unpaired) electrons. The van der Waals surface area contributed by atoms with Crippen molar-refractivity contribution in [3.63, 3.8) is 0 Å². The van der Waals surface area contributed by atoms with Gasteiger partial charge in [0.2, 0.25) is 9.05 Å². The predicted molar refractivity (Wildman–Crippen MR) is 81.2 cm³/mol. The van der Waals surface area contributed by atoms with Crippen LogP contribution in [0.1, 0.15) is 31.2 Å². The summed E-state index contributed by atoms with van der Waals surface area (Å²) >= 11 is 0. The zero-order valence-electron chi connectivity index (χ0n) is 11.4. The summed E-state index contributed by atoms with van der Waals surface area (Å²) in [5.41, 5.74) is 1.34. The van der Waals surface area contributed by atoms with E-state index in [1.165, 1.54) is 18.4 Å². The number of hydrogen-bond acceptors (Lipinski definition) is 3. The largest absolute Gasteiger partial charge is 0.293 e. The van der Waals surface area contributed by atoms with Gasteiger partial charge in [0.25, 0.3) is 0 Å². The number of benzene rings is 1. The second kappa shape index (κ2) is 5.66. The van der Waals surface area contributed by atoms with Crippen LogP contribution in [0.5, 0.6) is 0 Å². The van der Waals surface area contributed by atoms with Crippen molar-refractivity contribution in [3.8, 4) is 0 Å². The first-order valence-electron chi connectivity index (χ1n) is 7.23. The molecule has 5 heteroatoms. The Morgan fingerprint density at radius 3 is 2.25 bits per heavy atom. The molecule has 1 aromatic rings. The van der Waals surface area contributed by atoms with Crippen LogP contribution in [-0.4, -0.2) is 31.2 Å². The van der Waals surface area contributed by atoms with E-state index in [1.54, 1.807) is 0 Å². The monoisotopic (exact) mass is 313 g/mol. The average Bonchev–Trinajstić information content (AvgIpc) is 2.61. The van der Waals surface area contributed by atoms with Crippen molar-refractivity contribution in [2.24, 2.45) is 5.92 Å². The summed E-state index contributed by atoms with van der Waals surface area (Å²) < 4.78 is 22.5. The van der Waals surface area contributed by atoms with E-state index in [1.807, 2.05) is 6.07 Å². The topological polar surface area (TPSA) is 37.4 Å². The maximum atomic E-state index is 11.3. The van der Waals surface area contributed by atoms with Crippen LogP contribution in [0.15, 0.2) is 30.3 Å². The Balaban J connectivity index is 1.66. The lowest BCUT2D eigenvalue weighted by atomic mass is 9.92. The molecule has 2 fully saturated rings. The highest BCUT2D eigenvalue weighted by Gasteiger charge is 2.41. The first-order chi connectivity index (χ1) is 9.51. The van der Waals surface area contributed by atoms with Crippen molar-refractivity contribution in [1.82, 2.24) is 4.90 Å². The van der Waals surface area contributed by atoms with Gasteiger partial charge in [0, 0.05) is 29.3 Å². The van der Waals surface area contributed by atoms with E-state index in [-0.39, 0.29) is 11.7 Å². The standard InChI is InChI=1S/C15H20ClNO2S/c16-20(18,19)11-13-8-14-6-7-15(9-13)17(14)10-12-4-2-1-3-5-12/h1-5,13-15H,6-11H2. The number of hydrogen-bond donors (Lipinski definition) is 0. The van der Waals surface area contributed by atoms with Crippen LogP contribution in [0.25, 0.3) is 0 Å². The van der Waals surface area contributed by atoms with Crippen molar-refractivity contribution in [2.45, 2.75) is 44.3 Å². The van der Waals surface area contributed by atoms with Crippen LogP contribution in [0, 0.1) is 5.92 Å². The molecule has 0 spiro atoms. The van der Waals surface area contributed by atoms with Gasteiger partial charge < -0.3 is 0 Å². The van der Waals surface area contributed by atoms with Crippen LogP contribution in [0.3, 0.4) is 0 Å². The molecule has 2 saturated heterocycles. The Morgan fingerprint density at radius 1 is 1.10 bits per heavy atom. The third kappa shape index (κ3) is 3.35. The summed E-state index contributed by atoms with van der Waals surface area (Å²) in [4.78, 5) is 2.56. The molecule has 0 aromatic heterocycles. The van der Waals surface area contributed by atoms with Crippen LogP contribution in [-0.2, 0) is 15.6 Å². The van der Waals surface area contributed by atoms with E-state index in [0.717, 1.165) is 19.4 Å². The highest BCUT2D eigenvalue weighted by molar-refractivity contribution is 8.13. The summed E-state index contributed by atoms with van der Waals surface area (Å²) in [5.74, 6) is 0.378. The fraction of sp³-hybridized carbons (Fsp3) is 0.600. The second-order valence-electron chi connectivity index (χ2n) is 6.09. The van der Waals surface area contributed by atoms with Gasteiger partial charge in [-0.3, -0.25) is 4.90 Å². The lowest BCUT2D eigenvalue weighted by Crippen LogP contribution is -2.43. The molecule has 2 aliphatic rings. The van der Waals surface area contributed by atoms with E-state index in [2.05, 4.69) is 29.2 Å². The molecule has 2 heterocycles. The fourth-order valence-corrected chi connectivity index (χ4v) is 5.23. The molecule has 0 saturated carbocycles. The molecule has 3 nitrogen and oxygen atoms in total. The minimum atomic E-state index is -3.37. The van der Waals surface area contributed by atoms with Crippen LogP contribution < -0.4 is 0 Å². The summed E-state index contributed by atoms with van der Waals surface area (Å²) in [6, 6.07) is 11.6. The lowest BCUT2D eigenvalue weighted by Gasteiger charge is -2.38. The van der Waals surface area contributed by atoms with Crippen LogP contribution >= 0.6 is 10.7 Å². The summed E-state index contributed by atoms with van der Waals surface area (Å²) in [7, 11) is 2.04. The Morgan fingerprint density at radius 2 is 1.70 bits per heavy atom. The van der Waals surface area contributed by atoms with E-state index < -0.39 is 9.05 Å². The molecule has 110 valence electrons. The lowest BCUT2D eigenvalue weighted by molar-refractivity contribution is 0.103. The quantitative estimate of drug-likeness (QED) is 0.802. The maximum Gasteiger partial charge on any atom is 0.232 e. The molecular weight excluding hydrogens is 294 g/mol. The van der Waals surface area contributed by atoms with E-state index in [0.29, 0.717) is 12.1 Å². The molecule has 20 heavy (non-hydrogen) atoms. The van der Waals surface area contributed by atoms with Crippen LogP contribution in [0.4, 0.5) is 0 Å². The minimum Gasteiger partial charge on any atom is -0.293 e. The number of rotatable bonds is 4. The van der Waals surface area contributed by atoms with Gasteiger partial charge in [0.15, 0.2) is 0 Å². The number of piperidine rings is 1. The highest BCUT2D eigenvalue weighted by Crippen LogP contribution is 2.40. The van der Waals surface area contributed by atoms with Gasteiger partial charge in [-0.1, -0.05) is 30.3 Å². The first-order valence-corrected chi connectivity index (χ1v) is 9.71. The molecule has 2 atom stereocenters. The van der Waals surface area contributed by atoms with Crippen LogP contribution in [0.2, 0.25) is 0 Å². The molecule has 0 N–H and O–H groups in total. The van der Waals surface area contributed by atoms with Gasteiger partial charge in [0.05, 0.1) is 5.75 Å². The molecule has 2 unspecified atom stereocenters. The van der Waals surface area contributed by atoms with Crippen molar-refractivity contribution >= 4 is 19.7 Å². The number of halogens is 1. The predicted octanol–water partition coefficient (Wildman–Crippen LogP) is 3.00. The normalized spacial score (nSPS) is 30.6. The highest BCUT2D eigenvalue weighted by atomic mass is 35.7. The van der Waals surface area contributed by atoms with Gasteiger partial charge in [0.1, 0.15) is 0 Å². The number of nitrogens with zero attached hydrogens (tertiary/aromatic N) is 1. The average molecular weight is 314 g/mol. The molecule has 0 amide bonds. The Bertz CT molecular complexity index is 546. The molecule has 2 aliphatic heterocycles. The van der Waals surface area contributed by atoms with E-state index in [9.17, 15) is 8.42 Å². The Kier molecular flexibility index (Phi) is 4.07. The van der Waals surface area contributed by atoms with Gasteiger partial charge >= 0.3 is 0 Å². The molecule has 1 aromatic carbocycles. The maximum absolute atomic E-state index is 11.3. The molecule has 2 bridgehead atoms. The Labute approximate surface area is 125 Å². The zero-order valence-corrected chi connectivity index (χ0v) is 13.0. The zero-order chi connectivity index (χ0) is 14.2. The molecule has 0 aliphatic carbocycles. The third-order valence-corrected chi connectivity index (χ3v) is 5.87. The van der Waals surface area contributed by atoms with Crippen molar-refractivity contribution in [3.05, 3.63) is 35.9 Å². The molecule has 3 rings (SSSR count). The summed E-state index contributed by atoms with van der Waals surface area (Å²) in [5, 5.41) is 0. The third-order valence-electron chi connectivity index (χ3n) is 4.62. The minimum absolute atomic E-state index is 0.140. The van der Waals surface area contributed by atoms with Crippen molar-refractivity contribution in [1.29, 1.82) is 0 Å².